The van der Waals surface area contributed by atoms with Crippen LogP contribution in [-0.2, 0) is 9.53 Å². The van der Waals surface area contributed by atoms with E-state index in [0.29, 0.717) is 0 Å². The van der Waals surface area contributed by atoms with Gasteiger partial charge in [0, 0.05) is 17.7 Å². The molecule has 3 heterocycles. The van der Waals surface area contributed by atoms with Gasteiger partial charge >= 0.3 is 5.97 Å². The molecule has 1 aromatic heterocycles. The molecule has 0 bridgehead atoms. The third-order valence-electron chi connectivity index (χ3n) is 4.88. The van der Waals surface area contributed by atoms with Crippen molar-refractivity contribution in [3.8, 4) is 0 Å². The number of aliphatic hydroxyl groups is 3. The van der Waals surface area contributed by atoms with Crippen molar-refractivity contribution < 1.29 is 34.5 Å². The second kappa shape index (κ2) is 6.73. The van der Waals surface area contributed by atoms with Gasteiger partial charge in [0.05, 0.1) is 0 Å². The second-order valence-electron chi connectivity index (χ2n) is 6.48. The summed E-state index contributed by atoms with van der Waals surface area (Å²) in [7, 11) is 2.04. The number of likely N-dealkylation sites (tertiary alicyclic amines) is 1. The van der Waals surface area contributed by atoms with E-state index >= 15 is 0 Å². The molecular formula is C16H23N2O6+. The summed E-state index contributed by atoms with van der Waals surface area (Å²) in [6.45, 7) is 1.01. The zero-order valence-electron chi connectivity index (χ0n) is 13.4. The molecule has 2 aliphatic rings. The van der Waals surface area contributed by atoms with Crippen LogP contribution in [0.25, 0.3) is 0 Å². The van der Waals surface area contributed by atoms with Gasteiger partial charge in [0.15, 0.2) is 24.6 Å². The number of carboxylic acid groups (broad SMARTS) is 1. The monoisotopic (exact) mass is 339 g/mol. The maximum atomic E-state index is 11.2. The van der Waals surface area contributed by atoms with Gasteiger partial charge in [-0.3, -0.25) is 4.90 Å². The summed E-state index contributed by atoms with van der Waals surface area (Å²) in [5.74, 6) is -1.38. The van der Waals surface area contributed by atoms with Crippen molar-refractivity contribution in [1.82, 2.24) is 4.90 Å². The lowest BCUT2D eigenvalue weighted by atomic mass is 9.97. The lowest BCUT2D eigenvalue weighted by molar-refractivity contribution is -0.777. The van der Waals surface area contributed by atoms with Crippen LogP contribution >= 0.6 is 0 Å². The molecule has 24 heavy (non-hydrogen) atoms. The number of rotatable bonds is 3. The number of ether oxygens (including phenoxy) is 1. The molecule has 2 unspecified atom stereocenters. The fraction of sp³-hybridized carbons (Fsp3) is 0.625. The summed E-state index contributed by atoms with van der Waals surface area (Å²) in [5, 5.41) is 39.1. The Morgan fingerprint density at radius 3 is 2.67 bits per heavy atom. The predicted molar refractivity (Wildman–Crippen MR) is 80.8 cm³/mol. The van der Waals surface area contributed by atoms with E-state index in [1.807, 2.05) is 13.1 Å². The van der Waals surface area contributed by atoms with Crippen LogP contribution in [0.15, 0.2) is 24.5 Å². The highest BCUT2D eigenvalue weighted by Gasteiger charge is 2.51. The van der Waals surface area contributed by atoms with Gasteiger partial charge in [-0.1, -0.05) is 0 Å². The molecule has 0 aromatic carbocycles. The van der Waals surface area contributed by atoms with E-state index < -0.39 is 36.6 Å². The van der Waals surface area contributed by atoms with Gasteiger partial charge in [0.2, 0.25) is 0 Å². The van der Waals surface area contributed by atoms with Crippen LogP contribution < -0.4 is 4.57 Å². The molecule has 0 saturated carbocycles. The van der Waals surface area contributed by atoms with E-state index in [-0.39, 0.29) is 6.04 Å². The minimum atomic E-state index is -1.68. The summed E-state index contributed by atoms with van der Waals surface area (Å²) >= 11 is 0. The Morgan fingerprint density at radius 2 is 2.04 bits per heavy atom. The van der Waals surface area contributed by atoms with Crippen molar-refractivity contribution in [3.63, 3.8) is 0 Å². The number of aliphatic carboxylic acids is 1. The highest BCUT2D eigenvalue weighted by Crippen LogP contribution is 2.30. The molecule has 0 amide bonds. The average Bonchev–Trinajstić information content (AvgIpc) is 2.99. The lowest BCUT2D eigenvalue weighted by Gasteiger charge is -2.35. The molecule has 0 aliphatic carbocycles. The van der Waals surface area contributed by atoms with E-state index in [0.717, 1.165) is 24.9 Å². The van der Waals surface area contributed by atoms with Gasteiger partial charge in [-0.25, -0.2) is 4.79 Å². The molecule has 6 atom stereocenters. The van der Waals surface area contributed by atoms with Crippen LogP contribution in [0, 0.1) is 0 Å². The Balaban J connectivity index is 1.88. The number of hydrogen-bond acceptors (Lipinski definition) is 6. The number of aromatic nitrogens is 1. The van der Waals surface area contributed by atoms with E-state index in [1.54, 1.807) is 23.0 Å². The Hall–Kier alpha value is -1.58. The minimum absolute atomic E-state index is 0.254. The highest BCUT2D eigenvalue weighted by molar-refractivity contribution is 5.73. The Kier molecular flexibility index (Phi) is 4.84. The number of carboxylic acids is 1. The number of hydrogen-bond donors (Lipinski definition) is 4. The normalized spacial score (nSPS) is 37.5. The van der Waals surface area contributed by atoms with Crippen LogP contribution in [0.5, 0.6) is 0 Å². The molecule has 0 radical (unpaired) electrons. The Bertz CT molecular complexity index is 612. The summed E-state index contributed by atoms with van der Waals surface area (Å²) in [5.41, 5.74) is 1.03. The SMILES string of the molecule is CN1CCC[C@H]1c1ccc[n+]([C@@H]2OC(C(=O)O)[C@@H](O)C(O)[C@@H]2O)c1. The van der Waals surface area contributed by atoms with Crippen molar-refractivity contribution in [2.75, 3.05) is 13.6 Å². The lowest BCUT2D eigenvalue weighted by Crippen LogP contribution is -2.63. The second-order valence-corrected chi connectivity index (χ2v) is 6.48. The first-order valence-corrected chi connectivity index (χ1v) is 8.03. The summed E-state index contributed by atoms with van der Waals surface area (Å²) in [6, 6.07) is 4.02. The van der Waals surface area contributed by atoms with Crippen LogP contribution in [0.1, 0.15) is 30.7 Å². The van der Waals surface area contributed by atoms with E-state index in [9.17, 15) is 20.1 Å². The third-order valence-corrected chi connectivity index (χ3v) is 4.88. The molecule has 4 N–H and O–H groups in total. The quantitative estimate of drug-likeness (QED) is 0.512. The first-order valence-electron chi connectivity index (χ1n) is 8.03. The third kappa shape index (κ3) is 3.03. The minimum Gasteiger partial charge on any atom is -0.479 e. The van der Waals surface area contributed by atoms with Crippen molar-refractivity contribution in [2.45, 2.75) is 49.5 Å². The number of nitrogens with zero attached hydrogens (tertiary/aromatic N) is 2. The highest BCUT2D eigenvalue weighted by atomic mass is 16.6. The first kappa shape index (κ1) is 17.2. The summed E-state index contributed by atoms with van der Waals surface area (Å²) in [4.78, 5) is 13.5. The van der Waals surface area contributed by atoms with Crippen molar-refractivity contribution >= 4 is 5.97 Å². The Labute approximate surface area is 139 Å². The average molecular weight is 339 g/mol. The van der Waals surface area contributed by atoms with Gasteiger partial charge in [0.25, 0.3) is 6.23 Å². The molecule has 2 fully saturated rings. The van der Waals surface area contributed by atoms with Gasteiger partial charge in [0.1, 0.15) is 12.2 Å². The first-order chi connectivity index (χ1) is 11.4. The molecule has 2 saturated heterocycles. The maximum Gasteiger partial charge on any atom is 0.335 e. The largest absolute Gasteiger partial charge is 0.479 e. The molecule has 3 rings (SSSR count). The van der Waals surface area contributed by atoms with Gasteiger partial charge in [-0.15, -0.1) is 0 Å². The zero-order valence-corrected chi connectivity index (χ0v) is 13.4. The number of aliphatic hydroxyl groups excluding tert-OH is 3. The van der Waals surface area contributed by atoms with Gasteiger partial charge in [-0.2, -0.15) is 4.57 Å². The zero-order chi connectivity index (χ0) is 17.4. The molecule has 0 spiro atoms. The maximum absolute atomic E-state index is 11.2. The molecular weight excluding hydrogens is 316 g/mol. The predicted octanol–water partition coefficient (Wildman–Crippen LogP) is -1.19. The van der Waals surface area contributed by atoms with Crippen LogP contribution in [-0.4, -0.2) is 69.3 Å². The summed E-state index contributed by atoms with van der Waals surface area (Å²) < 4.78 is 6.92. The fourth-order valence-corrected chi connectivity index (χ4v) is 3.51. The topological polar surface area (TPSA) is 114 Å². The van der Waals surface area contributed by atoms with Gasteiger partial charge < -0.3 is 25.2 Å². The molecule has 8 nitrogen and oxygen atoms in total. The van der Waals surface area contributed by atoms with E-state index in [2.05, 4.69) is 4.90 Å². The molecule has 2 aliphatic heterocycles. The van der Waals surface area contributed by atoms with Gasteiger partial charge in [-0.05, 0) is 32.5 Å². The Morgan fingerprint density at radius 1 is 1.29 bits per heavy atom. The standard InChI is InChI=1S/C16H22N2O6/c1-17-6-3-5-10(17)9-4-2-7-18(8-9)15-13(21)11(19)12(20)14(24-15)16(22)23/h2,4,7-8,10-15,19-21H,3,5-6H2,1H3/p+1/t10-,11?,12-,13-,14?,15+/m0/s1. The molecule has 1 aromatic rings. The summed E-state index contributed by atoms with van der Waals surface area (Å²) in [6.07, 6.45) is -1.84. The van der Waals surface area contributed by atoms with E-state index in [1.165, 1.54) is 0 Å². The van der Waals surface area contributed by atoms with Crippen molar-refractivity contribution in [3.05, 3.63) is 30.1 Å². The number of pyridine rings is 1. The van der Waals surface area contributed by atoms with Crippen LogP contribution in [0.3, 0.4) is 0 Å². The molecule has 132 valence electrons. The smallest absolute Gasteiger partial charge is 0.335 e. The number of carbonyl (C=O) groups is 1. The molecule has 8 heteroatoms. The van der Waals surface area contributed by atoms with Crippen molar-refractivity contribution in [1.29, 1.82) is 0 Å². The van der Waals surface area contributed by atoms with E-state index in [4.69, 9.17) is 9.84 Å². The fourth-order valence-electron chi connectivity index (χ4n) is 3.51. The van der Waals surface area contributed by atoms with Crippen molar-refractivity contribution in [2.24, 2.45) is 0 Å². The van der Waals surface area contributed by atoms with Crippen LogP contribution in [0.2, 0.25) is 0 Å². The van der Waals surface area contributed by atoms with Crippen LogP contribution in [0.4, 0.5) is 0 Å².